The zero-order chi connectivity index (χ0) is 20.5. The van der Waals surface area contributed by atoms with E-state index < -0.39 is 0 Å². The van der Waals surface area contributed by atoms with Crippen molar-refractivity contribution < 1.29 is 9.18 Å². The minimum atomic E-state index is -0.312. The van der Waals surface area contributed by atoms with Gasteiger partial charge in [-0.2, -0.15) is 5.10 Å². The van der Waals surface area contributed by atoms with Crippen LogP contribution in [0.1, 0.15) is 27.3 Å². The van der Waals surface area contributed by atoms with Crippen LogP contribution in [-0.2, 0) is 0 Å². The number of nitrogens with zero attached hydrogens (tertiary/aromatic N) is 4. The minimum Gasteiger partial charge on any atom is -0.368 e. The van der Waals surface area contributed by atoms with Crippen LogP contribution in [0.3, 0.4) is 0 Å². The SMILES string of the molecule is Cc1cc(C(=O)N2CCN(c3ccc(C)c(C)c3)CC2)n(-c2ccc(F)cc2)n1. The van der Waals surface area contributed by atoms with Crippen molar-refractivity contribution in [2.45, 2.75) is 20.8 Å². The fourth-order valence-corrected chi connectivity index (χ4v) is 3.68. The van der Waals surface area contributed by atoms with Crippen LogP contribution in [0, 0.1) is 26.6 Å². The van der Waals surface area contributed by atoms with Gasteiger partial charge in [0, 0.05) is 31.9 Å². The maximum Gasteiger partial charge on any atom is 0.272 e. The first-order valence-corrected chi connectivity index (χ1v) is 9.86. The van der Waals surface area contributed by atoms with Crippen molar-refractivity contribution in [1.82, 2.24) is 14.7 Å². The molecule has 2 aromatic carbocycles. The number of hydrogen-bond donors (Lipinski definition) is 0. The fourth-order valence-electron chi connectivity index (χ4n) is 3.68. The fraction of sp³-hybridized carbons (Fsp3) is 0.304. The third-order valence-electron chi connectivity index (χ3n) is 5.54. The Morgan fingerprint density at radius 3 is 2.17 bits per heavy atom. The molecule has 1 amide bonds. The standard InChI is InChI=1S/C23H25FN4O/c1-16-4-7-21(14-17(16)2)26-10-12-27(13-11-26)23(29)22-15-18(3)25-28(22)20-8-5-19(24)6-9-20/h4-9,14-15H,10-13H2,1-3H3. The van der Waals surface area contributed by atoms with Crippen molar-refractivity contribution in [2.75, 3.05) is 31.1 Å². The molecule has 0 bridgehead atoms. The van der Waals surface area contributed by atoms with Crippen LogP contribution in [0.4, 0.5) is 10.1 Å². The van der Waals surface area contributed by atoms with Gasteiger partial charge >= 0.3 is 0 Å². The number of rotatable bonds is 3. The first-order chi connectivity index (χ1) is 13.9. The number of amides is 1. The highest BCUT2D eigenvalue weighted by Gasteiger charge is 2.25. The third-order valence-corrected chi connectivity index (χ3v) is 5.54. The summed E-state index contributed by atoms with van der Waals surface area (Å²) in [6.07, 6.45) is 0. The maximum absolute atomic E-state index is 13.3. The van der Waals surface area contributed by atoms with Gasteiger partial charge in [-0.05, 0) is 74.4 Å². The molecule has 3 aromatic rings. The van der Waals surface area contributed by atoms with Gasteiger partial charge in [0.25, 0.3) is 5.91 Å². The molecule has 0 N–H and O–H groups in total. The number of carbonyl (C=O) groups is 1. The summed E-state index contributed by atoms with van der Waals surface area (Å²) in [5.74, 6) is -0.359. The third kappa shape index (κ3) is 3.88. The normalized spacial score (nSPS) is 14.3. The lowest BCUT2D eigenvalue weighted by molar-refractivity contribution is 0.0737. The number of aromatic nitrogens is 2. The summed E-state index contributed by atoms with van der Waals surface area (Å²) < 4.78 is 14.9. The van der Waals surface area contributed by atoms with E-state index >= 15 is 0 Å². The van der Waals surface area contributed by atoms with Crippen LogP contribution in [0.25, 0.3) is 5.69 Å². The Kier molecular flexibility index (Phi) is 5.09. The van der Waals surface area contributed by atoms with Crippen LogP contribution in [0.15, 0.2) is 48.5 Å². The number of aryl methyl sites for hydroxylation is 3. The van der Waals surface area contributed by atoms with Crippen molar-refractivity contribution in [3.8, 4) is 5.69 Å². The summed E-state index contributed by atoms with van der Waals surface area (Å²) in [6.45, 7) is 8.97. The quantitative estimate of drug-likeness (QED) is 0.679. The predicted octanol–water partition coefficient (Wildman–Crippen LogP) is 3.90. The largest absolute Gasteiger partial charge is 0.368 e. The highest BCUT2D eigenvalue weighted by atomic mass is 19.1. The monoisotopic (exact) mass is 392 g/mol. The van der Waals surface area contributed by atoms with Gasteiger partial charge in [-0.15, -0.1) is 0 Å². The van der Waals surface area contributed by atoms with E-state index in [-0.39, 0.29) is 11.7 Å². The minimum absolute atomic E-state index is 0.0466. The van der Waals surface area contributed by atoms with E-state index in [1.807, 2.05) is 11.8 Å². The molecule has 5 nitrogen and oxygen atoms in total. The van der Waals surface area contributed by atoms with E-state index in [4.69, 9.17) is 0 Å². The van der Waals surface area contributed by atoms with E-state index in [2.05, 4.69) is 42.0 Å². The molecule has 0 radical (unpaired) electrons. The van der Waals surface area contributed by atoms with Gasteiger partial charge in [-0.1, -0.05) is 6.07 Å². The molecule has 0 saturated carbocycles. The molecule has 1 saturated heterocycles. The van der Waals surface area contributed by atoms with E-state index in [0.29, 0.717) is 24.5 Å². The lowest BCUT2D eigenvalue weighted by Gasteiger charge is -2.36. The molecule has 1 fully saturated rings. The number of piperazine rings is 1. The van der Waals surface area contributed by atoms with Gasteiger partial charge < -0.3 is 9.80 Å². The molecule has 1 aliphatic rings. The topological polar surface area (TPSA) is 41.4 Å². The number of hydrogen-bond acceptors (Lipinski definition) is 3. The summed E-state index contributed by atoms with van der Waals surface area (Å²) in [7, 11) is 0. The van der Waals surface area contributed by atoms with E-state index in [0.717, 1.165) is 18.8 Å². The molecule has 2 heterocycles. The lowest BCUT2D eigenvalue weighted by Crippen LogP contribution is -2.49. The van der Waals surface area contributed by atoms with Gasteiger partial charge in [-0.25, -0.2) is 9.07 Å². The molecule has 0 atom stereocenters. The number of benzene rings is 2. The Labute approximate surface area is 170 Å². The number of anilines is 1. The van der Waals surface area contributed by atoms with E-state index in [1.165, 1.54) is 28.9 Å². The Morgan fingerprint density at radius 1 is 0.862 bits per heavy atom. The molecule has 150 valence electrons. The van der Waals surface area contributed by atoms with Crippen LogP contribution >= 0.6 is 0 Å². The van der Waals surface area contributed by atoms with Crippen LogP contribution in [0.2, 0.25) is 0 Å². The summed E-state index contributed by atoms with van der Waals surface area (Å²) >= 11 is 0. The number of carbonyl (C=O) groups excluding carboxylic acids is 1. The van der Waals surface area contributed by atoms with Crippen LogP contribution < -0.4 is 4.90 Å². The van der Waals surface area contributed by atoms with Gasteiger partial charge in [0.1, 0.15) is 11.5 Å². The second kappa shape index (κ2) is 7.70. The molecule has 0 unspecified atom stereocenters. The smallest absolute Gasteiger partial charge is 0.272 e. The molecule has 0 aliphatic carbocycles. The van der Waals surface area contributed by atoms with Crippen molar-refractivity contribution in [1.29, 1.82) is 0 Å². The first-order valence-electron chi connectivity index (χ1n) is 9.86. The van der Waals surface area contributed by atoms with Crippen molar-refractivity contribution >= 4 is 11.6 Å². The van der Waals surface area contributed by atoms with Gasteiger partial charge in [0.15, 0.2) is 0 Å². The molecule has 29 heavy (non-hydrogen) atoms. The van der Waals surface area contributed by atoms with E-state index in [9.17, 15) is 9.18 Å². The van der Waals surface area contributed by atoms with Crippen LogP contribution in [0.5, 0.6) is 0 Å². The average molecular weight is 392 g/mol. The molecule has 0 spiro atoms. The zero-order valence-electron chi connectivity index (χ0n) is 17.0. The van der Waals surface area contributed by atoms with Crippen molar-refractivity contribution in [3.05, 3.63) is 76.9 Å². The molecule has 1 aromatic heterocycles. The lowest BCUT2D eigenvalue weighted by atomic mass is 10.1. The van der Waals surface area contributed by atoms with Gasteiger partial charge in [-0.3, -0.25) is 4.79 Å². The van der Waals surface area contributed by atoms with Crippen molar-refractivity contribution in [3.63, 3.8) is 0 Å². The average Bonchev–Trinajstić information content (AvgIpc) is 3.12. The molecule has 4 rings (SSSR count). The summed E-state index contributed by atoms with van der Waals surface area (Å²) in [5.41, 5.74) is 5.70. The zero-order valence-corrected chi connectivity index (χ0v) is 17.0. The summed E-state index contributed by atoms with van der Waals surface area (Å²) in [6, 6.07) is 14.3. The van der Waals surface area contributed by atoms with Gasteiger partial charge in [0.2, 0.25) is 0 Å². The second-order valence-corrected chi connectivity index (χ2v) is 7.61. The second-order valence-electron chi connectivity index (χ2n) is 7.61. The number of halogens is 1. The maximum atomic E-state index is 13.3. The summed E-state index contributed by atoms with van der Waals surface area (Å²) in [5, 5.41) is 4.44. The van der Waals surface area contributed by atoms with Crippen LogP contribution in [-0.4, -0.2) is 46.8 Å². The van der Waals surface area contributed by atoms with Gasteiger partial charge in [0.05, 0.1) is 11.4 Å². The predicted molar refractivity (Wildman–Crippen MR) is 112 cm³/mol. The van der Waals surface area contributed by atoms with Crippen molar-refractivity contribution in [2.24, 2.45) is 0 Å². The summed E-state index contributed by atoms with van der Waals surface area (Å²) in [4.78, 5) is 17.4. The van der Waals surface area contributed by atoms with E-state index in [1.54, 1.807) is 22.9 Å². The molecule has 6 heteroatoms. The Morgan fingerprint density at radius 2 is 1.52 bits per heavy atom. The Hall–Kier alpha value is -3.15. The molecule has 1 aliphatic heterocycles. The highest BCUT2D eigenvalue weighted by molar-refractivity contribution is 5.93. The molecular formula is C23H25FN4O. The molecular weight excluding hydrogens is 367 g/mol. The highest BCUT2D eigenvalue weighted by Crippen LogP contribution is 2.22. The first kappa shape index (κ1) is 19.2. The Bertz CT molecular complexity index is 1030. The Balaban J connectivity index is 1.50.